The highest BCUT2D eigenvalue weighted by Gasteiger charge is 2.34. The van der Waals surface area contributed by atoms with E-state index in [-0.39, 0.29) is 6.61 Å². The van der Waals surface area contributed by atoms with Crippen LogP contribution >= 0.6 is 15.9 Å². The van der Waals surface area contributed by atoms with Crippen LogP contribution in [0.25, 0.3) is 11.0 Å². The third-order valence-corrected chi connectivity index (χ3v) is 5.40. The van der Waals surface area contributed by atoms with Gasteiger partial charge in [-0.05, 0) is 46.1 Å². The van der Waals surface area contributed by atoms with E-state index in [2.05, 4.69) is 30.8 Å². The molecular formula is C19H15BrN4O2. The van der Waals surface area contributed by atoms with Crippen LogP contribution < -0.4 is 0 Å². The number of fused-ring (bicyclic) bond motifs is 1. The molecule has 26 heavy (non-hydrogen) atoms. The number of rotatable bonds is 2. The lowest BCUT2D eigenvalue weighted by atomic mass is 10.1. The van der Waals surface area contributed by atoms with Crippen LogP contribution in [0.5, 0.6) is 0 Å². The van der Waals surface area contributed by atoms with Gasteiger partial charge in [-0.1, -0.05) is 0 Å². The number of aromatic nitrogens is 2. The fourth-order valence-corrected chi connectivity index (χ4v) is 3.98. The first-order valence-corrected chi connectivity index (χ1v) is 9.16. The standard InChI is InChI=1S/C19H15BrN4O2/c20-15-10-26-9-12-3-4-24-18(12)14(15)7-22-19(24)11-1-2-16-17(5-11)21-6-13(8-25)23-16/h1-2,5-7,10,25H,3-4,8-9H2. The Labute approximate surface area is 158 Å². The van der Waals surface area contributed by atoms with Crippen molar-refractivity contribution in [1.82, 2.24) is 14.9 Å². The molecule has 1 N–H and O–H groups in total. The molecule has 4 heterocycles. The third kappa shape index (κ3) is 2.39. The maximum atomic E-state index is 9.22. The van der Waals surface area contributed by atoms with Gasteiger partial charge in [-0.15, -0.1) is 0 Å². The van der Waals surface area contributed by atoms with Crippen LogP contribution in [0.1, 0.15) is 17.7 Å². The Bertz CT molecular complexity index is 1050. The molecular weight excluding hydrogens is 396 g/mol. The van der Waals surface area contributed by atoms with Crippen LogP contribution in [0.3, 0.4) is 0 Å². The number of benzene rings is 1. The van der Waals surface area contributed by atoms with E-state index in [1.807, 2.05) is 24.4 Å². The summed E-state index contributed by atoms with van der Waals surface area (Å²) in [6.45, 7) is 1.39. The first-order chi connectivity index (χ1) is 12.7. The molecule has 0 radical (unpaired) electrons. The first kappa shape index (κ1) is 15.7. The largest absolute Gasteiger partial charge is 0.496 e. The minimum Gasteiger partial charge on any atom is -0.496 e. The number of aliphatic hydroxyl groups excluding tert-OH is 1. The monoisotopic (exact) mass is 410 g/mol. The lowest BCUT2D eigenvalue weighted by Crippen LogP contribution is -2.31. The molecule has 0 atom stereocenters. The van der Waals surface area contributed by atoms with Crippen molar-refractivity contribution in [3.05, 3.63) is 69.4 Å². The molecule has 3 aliphatic heterocycles. The third-order valence-electron chi connectivity index (χ3n) is 4.78. The highest BCUT2D eigenvalue weighted by atomic mass is 79.9. The van der Waals surface area contributed by atoms with Gasteiger partial charge in [0.1, 0.15) is 12.4 Å². The molecule has 5 rings (SSSR count). The van der Waals surface area contributed by atoms with Crippen molar-refractivity contribution >= 4 is 32.8 Å². The van der Waals surface area contributed by atoms with E-state index in [9.17, 15) is 5.11 Å². The minimum atomic E-state index is -0.111. The molecule has 0 saturated carbocycles. The summed E-state index contributed by atoms with van der Waals surface area (Å²) in [4.78, 5) is 15.8. The molecule has 1 aromatic carbocycles. The van der Waals surface area contributed by atoms with Crippen LogP contribution in [0.2, 0.25) is 0 Å². The second-order valence-electron chi connectivity index (χ2n) is 6.35. The predicted octanol–water partition coefficient (Wildman–Crippen LogP) is 2.99. The summed E-state index contributed by atoms with van der Waals surface area (Å²) in [5.41, 5.74) is 6.67. The number of hydrogen-bond donors (Lipinski definition) is 1. The van der Waals surface area contributed by atoms with Crippen molar-refractivity contribution in [2.24, 2.45) is 4.99 Å². The Hall–Kier alpha value is -2.51. The maximum Gasteiger partial charge on any atom is 0.140 e. The molecule has 7 heteroatoms. The van der Waals surface area contributed by atoms with Crippen LogP contribution in [0.15, 0.2) is 63.2 Å². The van der Waals surface area contributed by atoms with Gasteiger partial charge >= 0.3 is 0 Å². The molecule has 6 nitrogen and oxygen atoms in total. The van der Waals surface area contributed by atoms with Gasteiger partial charge in [0.15, 0.2) is 0 Å². The average Bonchev–Trinajstić information content (AvgIpc) is 3.03. The van der Waals surface area contributed by atoms with E-state index in [4.69, 9.17) is 9.73 Å². The fourth-order valence-electron chi connectivity index (χ4n) is 3.56. The van der Waals surface area contributed by atoms with Gasteiger partial charge < -0.3 is 14.7 Å². The zero-order chi connectivity index (χ0) is 17.7. The average molecular weight is 411 g/mol. The SMILES string of the molecule is OCc1cnc2cc(C3=NC=C4C(Br)=COCC5=C4N3CC5)ccc2n1. The van der Waals surface area contributed by atoms with E-state index < -0.39 is 0 Å². The Kier molecular flexibility index (Phi) is 3.65. The molecule has 2 aromatic rings. The zero-order valence-corrected chi connectivity index (χ0v) is 15.4. The van der Waals surface area contributed by atoms with Gasteiger partial charge in [-0.3, -0.25) is 4.98 Å². The molecule has 3 aliphatic rings. The fraction of sp³-hybridized carbons (Fsp3) is 0.211. The minimum absolute atomic E-state index is 0.111. The smallest absolute Gasteiger partial charge is 0.140 e. The van der Waals surface area contributed by atoms with E-state index >= 15 is 0 Å². The van der Waals surface area contributed by atoms with Crippen LogP contribution in [0.4, 0.5) is 0 Å². The quantitative estimate of drug-likeness (QED) is 0.823. The van der Waals surface area contributed by atoms with Crippen LogP contribution in [-0.4, -0.2) is 39.0 Å². The lowest BCUT2D eigenvalue weighted by Gasteiger charge is -2.28. The number of halogens is 1. The van der Waals surface area contributed by atoms with E-state index in [0.717, 1.165) is 45.5 Å². The molecule has 1 aromatic heterocycles. The van der Waals surface area contributed by atoms with Crippen molar-refractivity contribution in [3.8, 4) is 0 Å². The summed E-state index contributed by atoms with van der Waals surface area (Å²) < 4.78 is 6.54. The van der Waals surface area contributed by atoms with Crippen LogP contribution in [-0.2, 0) is 11.3 Å². The summed E-state index contributed by atoms with van der Waals surface area (Å²) in [5.74, 6) is 0.913. The van der Waals surface area contributed by atoms with Gasteiger partial charge in [0, 0.05) is 23.9 Å². The van der Waals surface area contributed by atoms with Gasteiger partial charge in [0.25, 0.3) is 0 Å². The lowest BCUT2D eigenvalue weighted by molar-refractivity contribution is 0.277. The Balaban J connectivity index is 1.62. The van der Waals surface area contributed by atoms with Crippen molar-refractivity contribution in [2.75, 3.05) is 13.2 Å². The van der Waals surface area contributed by atoms with E-state index in [1.165, 1.54) is 11.3 Å². The van der Waals surface area contributed by atoms with Crippen molar-refractivity contribution in [3.63, 3.8) is 0 Å². The van der Waals surface area contributed by atoms with Crippen molar-refractivity contribution in [2.45, 2.75) is 13.0 Å². The van der Waals surface area contributed by atoms with Crippen molar-refractivity contribution in [1.29, 1.82) is 0 Å². The normalized spacial score (nSPS) is 18.8. The summed E-state index contributed by atoms with van der Waals surface area (Å²) >= 11 is 3.58. The first-order valence-electron chi connectivity index (χ1n) is 8.37. The predicted molar refractivity (Wildman–Crippen MR) is 101 cm³/mol. The zero-order valence-electron chi connectivity index (χ0n) is 13.8. The molecule has 0 aliphatic carbocycles. The van der Waals surface area contributed by atoms with Gasteiger partial charge in [0.2, 0.25) is 0 Å². The molecule has 0 spiro atoms. The topological polar surface area (TPSA) is 70.8 Å². The molecule has 0 saturated heterocycles. The number of aliphatic hydroxyl groups is 1. The Morgan fingerprint density at radius 3 is 3.08 bits per heavy atom. The molecule has 0 amide bonds. The van der Waals surface area contributed by atoms with Crippen molar-refractivity contribution < 1.29 is 9.84 Å². The molecule has 0 fully saturated rings. The number of ether oxygens (including phenoxy) is 1. The van der Waals surface area contributed by atoms with Gasteiger partial charge in [0.05, 0.1) is 46.0 Å². The van der Waals surface area contributed by atoms with Gasteiger partial charge in [-0.25, -0.2) is 9.98 Å². The van der Waals surface area contributed by atoms with E-state index in [0.29, 0.717) is 12.3 Å². The maximum absolute atomic E-state index is 9.22. The number of nitrogens with zero attached hydrogens (tertiary/aromatic N) is 4. The highest BCUT2D eigenvalue weighted by Crippen LogP contribution is 2.40. The summed E-state index contributed by atoms with van der Waals surface area (Å²) in [6.07, 6.45) is 6.21. The number of aliphatic imine (C=N–C) groups is 1. The highest BCUT2D eigenvalue weighted by molar-refractivity contribution is 9.12. The summed E-state index contributed by atoms with van der Waals surface area (Å²) in [5, 5.41) is 9.22. The summed E-state index contributed by atoms with van der Waals surface area (Å²) in [7, 11) is 0. The Morgan fingerprint density at radius 2 is 2.19 bits per heavy atom. The molecule has 0 unspecified atom stereocenters. The molecule has 0 bridgehead atoms. The molecule has 130 valence electrons. The second-order valence-corrected chi connectivity index (χ2v) is 7.20. The Morgan fingerprint density at radius 1 is 1.27 bits per heavy atom. The second kappa shape index (κ2) is 6.03. The van der Waals surface area contributed by atoms with Crippen LogP contribution in [0, 0.1) is 0 Å². The number of hydrogen-bond acceptors (Lipinski definition) is 6. The van der Waals surface area contributed by atoms with Gasteiger partial charge in [-0.2, -0.15) is 0 Å². The number of allylic oxidation sites excluding steroid dienone is 1. The summed E-state index contributed by atoms with van der Waals surface area (Å²) in [6, 6.07) is 5.93. The van der Waals surface area contributed by atoms with E-state index in [1.54, 1.807) is 12.5 Å². The number of amidine groups is 1.